The van der Waals surface area contributed by atoms with Crippen molar-refractivity contribution in [3.8, 4) is 11.5 Å². The summed E-state index contributed by atoms with van der Waals surface area (Å²) in [5.74, 6) is 1.00. The van der Waals surface area contributed by atoms with Gasteiger partial charge in [-0.2, -0.15) is 0 Å². The average Bonchev–Trinajstić information content (AvgIpc) is 2.54. The first kappa shape index (κ1) is 14.5. The fraction of sp³-hybridized carbons (Fsp3) is 0.125. The molecule has 0 radical (unpaired) electrons. The number of nitrogens with zero attached hydrogens (tertiary/aromatic N) is 1. The Balaban J connectivity index is 2.13. The molecule has 3 aromatic rings. The van der Waals surface area contributed by atoms with E-state index >= 15 is 0 Å². The van der Waals surface area contributed by atoms with Gasteiger partial charge < -0.3 is 13.9 Å². The van der Waals surface area contributed by atoms with Gasteiger partial charge in [0.25, 0.3) is 0 Å². The largest absolute Gasteiger partial charge is 0.496 e. The zero-order valence-electron chi connectivity index (χ0n) is 12.0. The van der Waals surface area contributed by atoms with Crippen LogP contribution >= 0.6 is 11.8 Å². The molecule has 5 nitrogen and oxygen atoms in total. The van der Waals surface area contributed by atoms with Crippen LogP contribution in [0.3, 0.4) is 0 Å². The Kier molecular flexibility index (Phi) is 4.02. The molecule has 1 aromatic carbocycles. The molecule has 0 aliphatic heterocycles. The van der Waals surface area contributed by atoms with Gasteiger partial charge in [0.15, 0.2) is 10.5 Å². The molecule has 0 bridgehead atoms. The Bertz CT molecular complexity index is 861. The highest BCUT2D eigenvalue weighted by molar-refractivity contribution is 7.99. The van der Waals surface area contributed by atoms with Crippen LogP contribution in [0.2, 0.25) is 0 Å². The van der Waals surface area contributed by atoms with E-state index in [1.165, 1.54) is 24.9 Å². The highest BCUT2D eigenvalue weighted by Gasteiger charge is 2.13. The first-order chi connectivity index (χ1) is 10.7. The summed E-state index contributed by atoms with van der Waals surface area (Å²) in [4.78, 5) is 17.3. The van der Waals surface area contributed by atoms with E-state index in [0.717, 1.165) is 4.90 Å². The predicted octanol–water partition coefficient (Wildman–Crippen LogP) is 3.36. The van der Waals surface area contributed by atoms with Crippen molar-refractivity contribution >= 4 is 22.7 Å². The molecular weight excluding hydrogens is 302 g/mol. The molecule has 3 rings (SSSR count). The Morgan fingerprint density at radius 2 is 1.86 bits per heavy atom. The van der Waals surface area contributed by atoms with E-state index < -0.39 is 0 Å². The highest BCUT2D eigenvalue weighted by atomic mass is 32.2. The third kappa shape index (κ3) is 2.78. The molecule has 2 heterocycles. The molecule has 0 aliphatic carbocycles. The van der Waals surface area contributed by atoms with Crippen LogP contribution in [0.15, 0.2) is 61.9 Å². The van der Waals surface area contributed by atoms with Gasteiger partial charge >= 0.3 is 0 Å². The maximum Gasteiger partial charge on any atom is 0.197 e. The Labute approximate surface area is 130 Å². The lowest BCUT2D eigenvalue weighted by Gasteiger charge is -2.08. The molecule has 0 fully saturated rings. The van der Waals surface area contributed by atoms with Crippen molar-refractivity contribution in [3.05, 3.63) is 52.9 Å². The predicted molar refractivity (Wildman–Crippen MR) is 83.9 cm³/mol. The molecule has 0 atom stereocenters. The first-order valence-electron chi connectivity index (χ1n) is 6.49. The molecule has 6 heteroatoms. The quantitative estimate of drug-likeness (QED) is 0.736. The maximum absolute atomic E-state index is 12.4. The number of benzene rings is 1. The van der Waals surface area contributed by atoms with Crippen molar-refractivity contribution < 1.29 is 13.9 Å². The first-order valence-corrected chi connectivity index (χ1v) is 7.30. The van der Waals surface area contributed by atoms with Crippen LogP contribution in [0.4, 0.5) is 0 Å². The van der Waals surface area contributed by atoms with Crippen molar-refractivity contribution in [2.75, 3.05) is 14.2 Å². The Morgan fingerprint density at radius 1 is 1.09 bits per heavy atom. The minimum Gasteiger partial charge on any atom is -0.496 e. The number of aromatic nitrogens is 1. The van der Waals surface area contributed by atoms with Gasteiger partial charge in [-0.05, 0) is 12.1 Å². The van der Waals surface area contributed by atoms with Crippen molar-refractivity contribution in [1.29, 1.82) is 0 Å². The fourth-order valence-electron chi connectivity index (χ4n) is 2.06. The van der Waals surface area contributed by atoms with Crippen molar-refractivity contribution in [1.82, 2.24) is 4.98 Å². The van der Waals surface area contributed by atoms with Gasteiger partial charge in [-0.15, -0.1) is 0 Å². The van der Waals surface area contributed by atoms with Crippen LogP contribution in [0.5, 0.6) is 11.5 Å². The summed E-state index contributed by atoms with van der Waals surface area (Å²) in [5.41, 5.74) is 0.276. The van der Waals surface area contributed by atoms with Crippen LogP contribution in [-0.2, 0) is 0 Å². The Morgan fingerprint density at radius 3 is 2.55 bits per heavy atom. The minimum absolute atomic E-state index is 0.155. The van der Waals surface area contributed by atoms with Gasteiger partial charge in [0.1, 0.15) is 22.5 Å². The number of methoxy groups -OCH3 is 2. The summed E-state index contributed by atoms with van der Waals surface area (Å²) in [6, 6.07) is 8.50. The van der Waals surface area contributed by atoms with Crippen molar-refractivity contribution in [2.24, 2.45) is 0 Å². The summed E-state index contributed by atoms with van der Waals surface area (Å²) in [7, 11) is 3.06. The van der Waals surface area contributed by atoms with E-state index in [1.54, 1.807) is 31.6 Å². The third-order valence-corrected chi connectivity index (χ3v) is 3.98. The zero-order valence-corrected chi connectivity index (χ0v) is 12.8. The summed E-state index contributed by atoms with van der Waals surface area (Å²) in [5, 5.41) is 0.904. The van der Waals surface area contributed by atoms with Crippen molar-refractivity contribution in [2.45, 2.75) is 9.99 Å². The highest BCUT2D eigenvalue weighted by Crippen LogP contribution is 2.33. The topological polar surface area (TPSA) is 61.6 Å². The second-order valence-corrected chi connectivity index (χ2v) is 5.50. The normalized spacial score (nSPS) is 10.6. The van der Waals surface area contributed by atoms with Gasteiger partial charge in [-0.25, -0.2) is 0 Å². The number of hydrogen-bond acceptors (Lipinski definition) is 6. The van der Waals surface area contributed by atoms with E-state index in [1.807, 2.05) is 12.1 Å². The molecule has 2 aromatic heterocycles. The lowest BCUT2D eigenvalue weighted by Crippen LogP contribution is -2.03. The van der Waals surface area contributed by atoms with Gasteiger partial charge in [-0.1, -0.05) is 11.8 Å². The van der Waals surface area contributed by atoms with E-state index in [-0.39, 0.29) is 5.43 Å². The van der Waals surface area contributed by atoms with Crippen LogP contribution < -0.4 is 14.9 Å². The minimum atomic E-state index is -0.155. The summed E-state index contributed by atoms with van der Waals surface area (Å²) >= 11 is 1.36. The lowest BCUT2D eigenvalue weighted by molar-refractivity contribution is 0.394. The second kappa shape index (κ2) is 6.11. The molecule has 112 valence electrons. The van der Waals surface area contributed by atoms with Gasteiger partial charge in [0.05, 0.1) is 14.2 Å². The fourth-order valence-corrected chi connectivity index (χ4v) is 2.85. The molecule has 0 saturated heterocycles. The van der Waals surface area contributed by atoms with Crippen molar-refractivity contribution in [3.63, 3.8) is 0 Å². The smallest absolute Gasteiger partial charge is 0.197 e. The number of hydrogen-bond donors (Lipinski definition) is 0. The average molecular weight is 315 g/mol. The lowest BCUT2D eigenvalue weighted by atomic mass is 10.2. The van der Waals surface area contributed by atoms with E-state index in [9.17, 15) is 4.79 Å². The van der Waals surface area contributed by atoms with Crippen LogP contribution in [0.1, 0.15) is 0 Å². The molecule has 22 heavy (non-hydrogen) atoms. The maximum atomic E-state index is 12.4. The second-order valence-electron chi connectivity index (χ2n) is 4.42. The molecule has 0 unspecified atom stereocenters. The zero-order chi connectivity index (χ0) is 15.5. The third-order valence-electron chi connectivity index (χ3n) is 3.07. The SMILES string of the molecule is COc1cc(OC)c2c(=O)cc(Sc3ccncc3)oc2c1. The number of pyridine rings is 1. The summed E-state index contributed by atoms with van der Waals surface area (Å²) in [6.45, 7) is 0. The number of ether oxygens (including phenoxy) is 2. The Hall–Kier alpha value is -2.47. The van der Waals surface area contributed by atoms with Gasteiger partial charge in [0, 0.05) is 35.5 Å². The number of fused-ring (bicyclic) bond motifs is 1. The van der Waals surface area contributed by atoms with Gasteiger partial charge in [-0.3, -0.25) is 9.78 Å². The monoisotopic (exact) mass is 315 g/mol. The van der Waals surface area contributed by atoms with E-state index in [4.69, 9.17) is 13.9 Å². The molecule has 0 spiro atoms. The van der Waals surface area contributed by atoms with Gasteiger partial charge in [0.2, 0.25) is 0 Å². The van der Waals surface area contributed by atoms with Crippen LogP contribution in [-0.4, -0.2) is 19.2 Å². The summed E-state index contributed by atoms with van der Waals surface area (Å²) < 4.78 is 16.3. The number of rotatable bonds is 4. The standard InChI is InChI=1S/C16H13NO4S/c1-19-10-7-13(20-2)16-12(18)9-15(21-14(16)8-10)22-11-3-5-17-6-4-11/h3-9H,1-2H3. The molecule has 0 saturated carbocycles. The molecular formula is C16H13NO4S. The summed E-state index contributed by atoms with van der Waals surface area (Å²) in [6.07, 6.45) is 3.38. The molecule has 0 aliphatic rings. The molecule has 0 amide bonds. The van der Waals surface area contributed by atoms with Crippen LogP contribution in [0.25, 0.3) is 11.0 Å². The van der Waals surface area contributed by atoms with E-state index in [0.29, 0.717) is 27.6 Å². The van der Waals surface area contributed by atoms with Crippen LogP contribution in [0, 0.1) is 0 Å². The molecule has 0 N–H and O–H groups in total. The van der Waals surface area contributed by atoms with E-state index in [2.05, 4.69) is 4.98 Å².